The lowest BCUT2D eigenvalue weighted by molar-refractivity contribution is 0.277. The van der Waals surface area contributed by atoms with E-state index in [9.17, 15) is 0 Å². The Hall–Kier alpha value is -2.34. The molecular weight excluding hydrogens is 396 g/mol. The van der Waals surface area contributed by atoms with Gasteiger partial charge in [-0.25, -0.2) is 4.99 Å². The number of aryl methyl sites for hydroxylation is 2. The van der Waals surface area contributed by atoms with E-state index in [4.69, 9.17) is 4.99 Å². The molecular formula is C26H42N6. The van der Waals surface area contributed by atoms with Gasteiger partial charge in [-0.2, -0.15) is 5.10 Å². The lowest BCUT2D eigenvalue weighted by Crippen LogP contribution is -2.43. The van der Waals surface area contributed by atoms with Crippen LogP contribution < -0.4 is 10.6 Å². The summed E-state index contributed by atoms with van der Waals surface area (Å²) < 4.78 is 1.97. The largest absolute Gasteiger partial charge is 0.357 e. The van der Waals surface area contributed by atoms with Crippen molar-refractivity contribution in [1.29, 1.82) is 0 Å². The van der Waals surface area contributed by atoms with E-state index in [0.29, 0.717) is 6.54 Å². The minimum Gasteiger partial charge on any atom is -0.357 e. The monoisotopic (exact) mass is 438 g/mol. The minimum absolute atomic E-state index is 0.267. The van der Waals surface area contributed by atoms with Crippen molar-refractivity contribution in [2.45, 2.75) is 78.9 Å². The zero-order valence-electron chi connectivity index (χ0n) is 20.7. The number of guanidine groups is 1. The highest BCUT2D eigenvalue weighted by atomic mass is 15.3. The molecule has 1 aromatic carbocycles. The Morgan fingerprint density at radius 1 is 1.12 bits per heavy atom. The van der Waals surface area contributed by atoms with Crippen LogP contribution in [-0.2, 0) is 26.6 Å². The molecule has 2 aromatic rings. The second kappa shape index (κ2) is 12.0. The molecule has 0 spiro atoms. The summed E-state index contributed by atoms with van der Waals surface area (Å²) in [6.45, 7) is 13.6. The Labute approximate surface area is 194 Å². The molecule has 1 saturated heterocycles. The molecule has 32 heavy (non-hydrogen) atoms. The first kappa shape index (κ1) is 24.3. The van der Waals surface area contributed by atoms with Crippen LogP contribution in [0.25, 0.3) is 0 Å². The van der Waals surface area contributed by atoms with E-state index in [0.717, 1.165) is 31.2 Å². The van der Waals surface area contributed by atoms with Gasteiger partial charge in [-0.15, -0.1) is 0 Å². The Morgan fingerprint density at radius 2 is 1.84 bits per heavy atom. The fourth-order valence-electron chi connectivity index (χ4n) is 4.57. The molecule has 0 amide bonds. The van der Waals surface area contributed by atoms with Crippen LogP contribution in [0.3, 0.4) is 0 Å². The summed E-state index contributed by atoms with van der Waals surface area (Å²) in [5, 5.41) is 11.5. The van der Waals surface area contributed by atoms with Gasteiger partial charge in [0.1, 0.15) is 0 Å². The molecule has 1 aliphatic heterocycles. The number of hydrogen-bond acceptors (Lipinski definition) is 3. The average molecular weight is 439 g/mol. The van der Waals surface area contributed by atoms with Gasteiger partial charge < -0.3 is 10.6 Å². The van der Waals surface area contributed by atoms with E-state index in [1.807, 2.05) is 11.7 Å². The van der Waals surface area contributed by atoms with Gasteiger partial charge in [0.25, 0.3) is 0 Å². The van der Waals surface area contributed by atoms with Crippen LogP contribution in [0.5, 0.6) is 0 Å². The summed E-state index contributed by atoms with van der Waals surface area (Å²) in [4.78, 5) is 7.48. The van der Waals surface area contributed by atoms with Gasteiger partial charge in [0, 0.05) is 31.9 Å². The summed E-state index contributed by atoms with van der Waals surface area (Å²) >= 11 is 0. The molecule has 1 aromatic heterocycles. The minimum atomic E-state index is 0.267. The topological polar surface area (TPSA) is 57.5 Å². The number of benzene rings is 1. The zero-order chi connectivity index (χ0) is 22.9. The molecule has 2 heterocycles. The smallest absolute Gasteiger partial charge is 0.191 e. The van der Waals surface area contributed by atoms with Crippen molar-refractivity contribution in [3.63, 3.8) is 0 Å². The first-order valence-electron chi connectivity index (χ1n) is 12.3. The quantitative estimate of drug-likeness (QED) is 0.481. The molecule has 0 saturated carbocycles. The maximum atomic E-state index is 4.88. The Morgan fingerprint density at radius 3 is 2.50 bits per heavy atom. The van der Waals surface area contributed by atoms with E-state index < -0.39 is 0 Å². The van der Waals surface area contributed by atoms with Gasteiger partial charge >= 0.3 is 0 Å². The number of likely N-dealkylation sites (tertiary alicyclic amines) is 1. The van der Waals surface area contributed by atoms with Crippen molar-refractivity contribution in [3.8, 4) is 0 Å². The van der Waals surface area contributed by atoms with Crippen LogP contribution in [0.1, 0.15) is 67.6 Å². The van der Waals surface area contributed by atoms with Crippen LogP contribution >= 0.6 is 0 Å². The standard InChI is InChI=1S/C26H42N6/c1-6-27-26(29-20(2)16-25-21(3)30-31(5)22(25)4)28-18-23-12-11-13-24(17-23)19-32-14-9-7-8-10-15-32/h11-13,17,20H,6-10,14-16,18-19H2,1-5H3,(H2,27,28,29). The van der Waals surface area contributed by atoms with Crippen LogP contribution in [0, 0.1) is 13.8 Å². The molecule has 6 heteroatoms. The zero-order valence-corrected chi connectivity index (χ0v) is 20.7. The molecule has 1 unspecified atom stereocenters. The molecule has 0 radical (unpaired) electrons. The maximum Gasteiger partial charge on any atom is 0.191 e. The summed E-state index contributed by atoms with van der Waals surface area (Å²) in [7, 11) is 2.01. The molecule has 0 aliphatic carbocycles. The fourth-order valence-corrected chi connectivity index (χ4v) is 4.57. The van der Waals surface area contributed by atoms with E-state index in [1.54, 1.807) is 0 Å². The molecule has 0 bridgehead atoms. The summed E-state index contributed by atoms with van der Waals surface area (Å²) in [6, 6.07) is 9.20. The Balaban J connectivity index is 1.60. The Bertz CT molecular complexity index is 876. The predicted molar refractivity (Wildman–Crippen MR) is 134 cm³/mol. The van der Waals surface area contributed by atoms with E-state index in [1.165, 1.54) is 61.2 Å². The molecule has 1 atom stereocenters. The number of rotatable bonds is 8. The normalized spacial score (nSPS) is 16.6. The van der Waals surface area contributed by atoms with Gasteiger partial charge in [0.05, 0.1) is 12.2 Å². The van der Waals surface area contributed by atoms with E-state index >= 15 is 0 Å². The van der Waals surface area contributed by atoms with Crippen LogP contribution in [0.2, 0.25) is 0 Å². The van der Waals surface area contributed by atoms with Gasteiger partial charge in [-0.05, 0) is 76.7 Å². The van der Waals surface area contributed by atoms with Crippen molar-refractivity contribution >= 4 is 5.96 Å². The maximum absolute atomic E-state index is 4.88. The molecule has 6 nitrogen and oxygen atoms in total. The van der Waals surface area contributed by atoms with Crippen molar-refractivity contribution in [1.82, 2.24) is 25.3 Å². The number of nitrogens with zero attached hydrogens (tertiary/aromatic N) is 4. The predicted octanol–water partition coefficient (Wildman–Crippen LogP) is 4.10. The molecule has 1 aliphatic rings. The van der Waals surface area contributed by atoms with Crippen molar-refractivity contribution in [2.24, 2.45) is 12.0 Å². The summed E-state index contributed by atoms with van der Waals surface area (Å²) in [6.07, 6.45) is 6.35. The van der Waals surface area contributed by atoms with Gasteiger partial charge in [0.2, 0.25) is 0 Å². The lowest BCUT2D eigenvalue weighted by Gasteiger charge is -2.20. The van der Waals surface area contributed by atoms with Crippen molar-refractivity contribution in [3.05, 3.63) is 52.3 Å². The Kier molecular flexibility index (Phi) is 9.15. The average Bonchev–Trinajstić information content (AvgIpc) is 2.95. The summed E-state index contributed by atoms with van der Waals surface area (Å²) in [5.74, 6) is 0.872. The second-order valence-corrected chi connectivity index (χ2v) is 9.23. The van der Waals surface area contributed by atoms with Crippen molar-refractivity contribution < 1.29 is 0 Å². The van der Waals surface area contributed by atoms with Gasteiger partial charge in [-0.3, -0.25) is 9.58 Å². The van der Waals surface area contributed by atoms with Crippen LogP contribution in [-0.4, -0.2) is 46.3 Å². The summed E-state index contributed by atoms with van der Waals surface area (Å²) in [5.41, 5.74) is 6.33. The first-order chi connectivity index (χ1) is 15.5. The SMILES string of the molecule is CCNC(=NCc1cccc(CN2CCCCCC2)c1)NC(C)Cc1c(C)nn(C)c1C. The van der Waals surface area contributed by atoms with Crippen LogP contribution in [0.4, 0.5) is 0 Å². The fraction of sp³-hybridized carbons (Fsp3) is 0.615. The van der Waals surface area contributed by atoms with Gasteiger partial charge in [0.15, 0.2) is 5.96 Å². The lowest BCUT2D eigenvalue weighted by atomic mass is 10.1. The first-order valence-corrected chi connectivity index (χ1v) is 12.3. The third kappa shape index (κ3) is 7.09. The molecule has 3 rings (SSSR count). The number of aliphatic imine (C=N–C) groups is 1. The highest BCUT2D eigenvalue weighted by Gasteiger charge is 2.14. The molecule has 176 valence electrons. The third-order valence-corrected chi connectivity index (χ3v) is 6.41. The van der Waals surface area contributed by atoms with E-state index in [2.05, 4.69) is 72.6 Å². The number of hydrogen-bond donors (Lipinski definition) is 2. The van der Waals surface area contributed by atoms with Gasteiger partial charge in [-0.1, -0.05) is 37.1 Å². The van der Waals surface area contributed by atoms with E-state index in [-0.39, 0.29) is 6.04 Å². The molecule has 2 N–H and O–H groups in total. The highest BCUT2D eigenvalue weighted by molar-refractivity contribution is 5.80. The highest BCUT2D eigenvalue weighted by Crippen LogP contribution is 2.16. The van der Waals surface area contributed by atoms with Crippen molar-refractivity contribution in [2.75, 3.05) is 19.6 Å². The second-order valence-electron chi connectivity index (χ2n) is 9.23. The van der Waals surface area contributed by atoms with Crippen LogP contribution in [0.15, 0.2) is 29.3 Å². The number of aromatic nitrogens is 2. The molecule has 1 fully saturated rings. The number of nitrogens with one attached hydrogen (secondary N) is 2. The third-order valence-electron chi connectivity index (χ3n) is 6.41.